The molecule has 1 fully saturated rings. The topological polar surface area (TPSA) is 93.2 Å². The first-order valence-corrected chi connectivity index (χ1v) is 7.96. The Kier molecular flexibility index (Phi) is 4.79. The summed E-state index contributed by atoms with van der Waals surface area (Å²) in [6, 6.07) is 8.36. The van der Waals surface area contributed by atoms with E-state index in [2.05, 4.69) is 10.3 Å². The molecule has 2 N–H and O–H groups in total. The van der Waals surface area contributed by atoms with Gasteiger partial charge in [0, 0.05) is 18.0 Å². The van der Waals surface area contributed by atoms with Gasteiger partial charge >= 0.3 is 5.69 Å². The molecule has 126 valence electrons. The quantitative estimate of drug-likeness (QED) is 0.869. The number of nitrogens with one attached hydrogen (secondary N) is 2. The number of carbonyl (C=O) groups is 1. The fourth-order valence-corrected chi connectivity index (χ4v) is 2.74. The van der Waals surface area contributed by atoms with Gasteiger partial charge in [-0.15, -0.1) is 0 Å². The standard InChI is InChI=1S/C17H19N3O4/c21-15-9-10-20(17(23)19-15)11-16(22)18-12-5-7-14(8-6-12)24-13-3-1-2-4-13/h5-10,13H,1-4,11H2,(H,18,22)(H,19,21,23). The minimum absolute atomic E-state index is 0.171. The Morgan fingerprint density at radius 1 is 1.17 bits per heavy atom. The largest absolute Gasteiger partial charge is 0.490 e. The molecule has 7 nitrogen and oxygen atoms in total. The molecule has 0 atom stereocenters. The molecule has 0 bridgehead atoms. The molecule has 0 aliphatic heterocycles. The Hall–Kier alpha value is -2.83. The Bertz CT molecular complexity index is 817. The van der Waals surface area contributed by atoms with E-state index < -0.39 is 11.2 Å². The summed E-state index contributed by atoms with van der Waals surface area (Å²) in [5, 5.41) is 2.71. The molecule has 0 radical (unpaired) electrons. The van der Waals surface area contributed by atoms with Crippen LogP contribution in [0.1, 0.15) is 25.7 Å². The van der Waals surface area contributed by atoms with Gasteiger partial charge in [0.05, 0.1) is 6.10 Å². The van der Waals surface area contributed by atoms with Crippen LogP contribution in [-0.2, 0) is 11.3 Å². The lowest BCUT2D eigenvalue weighted by Gasteiger charge is -2.13. The van der Waals surface area contributed by atoms with Crippen LogP contribution < -0.4 is 21.3 Å². The zero-order chi connectivity index (χ0) is 16.9. The zero-order valence-corrected chi connectivity index (χ0v) is 13.2. The average molecular weight is 329 g/mol. The maximum atomic E-state index is 12.0. The van der Waals surface area contributed by atoms with E-state index >= 15 is 0 Å². The first-order valence-electron chi connectivity index (χ1n) is 7.96. The number of rotatable bonds is 5. The second-order valence-corrected chi connectivity index (χ2v) is 5.83. The highest BCUT2D eigenvalue weighted by Crippen LogP contribution is 2.24. The van der Waals surface area contributed by atoms with Crippen molar-refractivity contribution in [2.75, 3.05) is 5.32 Å². The van der Waals surface area contributed by atoms with Crippen molar-refractivity contribution in [3.05, 3.63) is 57.4 Å². The second kappa shape index (κ2) is 7.16. The summed E-state index contributed by atoms with van der Waals surface area (Å²) in [6.45, 7) is -0.171. The van der Waals surface area contributed by atoms with Crippen molar-refractivity contribution in [3.63, 3.8) is 0 Å². The van der Waals surface area contributed by atoms with Gasteiger partial charge in [-0.25, -0.2) is 4.79 Å². The van der Waals surface area contributed by atoms with Crippen LogP contribution in [0.2, 0.25) is 0 Å². The lowest BCUT2D eigenvalue weighted by atomic mass is 10.2. The van der Waals surface area contributed by atoms with Crippen molar-refractivity contribution < 1.29 is 9.53 Å². The van der Waals surface area contributed by atoms with Crippen LogP contribution in [0.15, 0.2) is 46.1 Å². The van der Waals surface area contributed by atoms with Crippen LogP contribution in [0, 0.1) is 0 Å². The van der Waals surface area contributed by atoms with E-state index in [-0.39, 0.29) is 18.6 Å². The molecule has 0 spiro atoms. The lowest BCUT2D eigenvalue weighted by Crippen LogP contribution is -2.32. The summed E-state index contributed by atoms with van der Waals surface area (Å²) in [5.74, 6) is 0.436. The van der Waals surface area contributed by atoms with Crippen molar-refractivity contribution in [1.82, 2.24) is 9.55 Å². The van der Waals surface area contributed by atoms with Gasteiger partial charge in [-0.05, 0) is 49.9 Å². The maximum absolute atomic E-state index is 12.0. The van der Waals surface area contributed by atoms with Gasteiger partial charge in [0.15, 0.2) is 0 Å². The van der Waals surface area contributed by atoms with E-state index in [0.29, 0.717) is 5.69 Å². The Balaban J connectivity index is 1.57. The van der Waals surface area contributed by atoms with Crippen molar-refractivity contribution in [1.29, 1.82) is 0 Å². The van der Waals surface area contributed by atoms with Gasteiger partial charge in [-0.3, -0.25) is 19.1 Å². The smallest absolute Gasteiger partial charge is 0.328 e. The summed E-state index contributed by atoms with van der Waals surface area (Å²) in [7, 11) is 0. The molecule has 1 saturated carbocycles. The number of aromatic amines is 1. The zero-order valence-electron chi connectivity index (χ0n) is 13.2. The normalized spacial score (nSPS) is 14.5. The van der Waals surface area contributed by atoms with Crippen molar-refractivity contribution >= 4 is 11.6 Å². The van der Waals surface area contributed by atoms with Crippen molar-refractivity contribution in [2.24, 2.45) is 0 Å². The molecule has 1 aliphatic carbocycles. The third kappa shape index (κ3) is 4.13. The summed E-state index contributed by atoms with van der Waals surface area (Å²) in [6.07, 6.45) is 6.18. The van der Waals surface area contributed by atoms with Gasteiger partial charge in [0.25, 0.3) is 5.56 Å². The van der Waals surface area contributed by atoms with Crippen LogP contribution in [0.3, 0.4) is 0 Å². The number of aromatic nitrogens is 2. The Morgan fingerprint density at radius 2 is 1.88 bits per heavy atom. The fourth-order valence-electron chi connectivity index (χ4n) is 2.74. The van der Waals surface area contributed by atoms with E-state index in [1.807, 2.05) is 12.1 Å². The third-order valence-electron chi connectivity index (χ3n) is 3.95. The first-order chi connectivity index (χ1) is 11.6. The average Bonchev–Trinajstić information content (AvgIpc) is 3.05. The summed E-state index contributed by atoms with van der Waals surface area (Å²) in [5.41, 5.74) is -0.483. The lowest BCUT2D eigenvalue weighted by molar-refractivity contribution is -0.116. The third-order valence-corrected chi connectivity index (χ3v) is 3.95. The van der Waals surface area contributed by atoms with E-state index in [9.17, 15) is 14.4 Å². The van der Waals surface area contributed by atoms with Crippen LogP contribution >= 0.6 is 0 Å². The monoisotopic (exact) mass is 329 g/mol. The number of hydrogen-bond donors (Lipinski definition) is 2. The minimum Gasteiger partial charge on any atom is -0.490 e. The van der Waals surface area contributed by atoms with E-state index in [4.69, 9.17) is 4.74 Å². The van der Waals surface area contributed by atoms with Crippen LogP contribution in [-0.4, -0.2) is 21.6 Å². The number of amides is 1. The van der Waals surface area contributed by atoms with Gasteiger partial charge in [0.1, 0.15) is 12.3 Å². The molecular formula is C17H19N3O4. The molecular weight excluding hydrogens is 310 g/mol. The van der Waals surface area contributed by atoms with Gasteiger partial charge in [-0.1, -0.05) is 0 Å². The molecule has 0 unspecified atom stereocenters. The highest BCUT2D eigenvalue weighted by molar-refractivity contribution is 5.90. The fraction of sp³-hybridized carbons (Fsp3) is 0.353. The first kappa shape index (κ1) is 16.0. The highest BCUT2D eigenvalue weighted by atomic mass is 16.5. The number of hydrogen-bond acceptors (Lipinski definition) is 4. The van der Waals surface area contributed by atoms with Gasteiger partial charge in [0.2, 0.25) is 5.91 Å². The van der Waals surface area contributed by atoms with Crippen LogP contribution in [0.25, 0.3) is 0 Å². The van der Waals surface area contributed by atoms with Crippen LogP contribution in [0.5, 0.6) is 5.75 Å². The second-order valence-electron chi connectivity index (χ2n) is 5.83. The molecule has 0 saturated heterocycles. The SMILES string of the molecule is O=C(Cn1ccc(=O)[nH]c1=O)Nc1ccc(OC2CCCC2)cc1. The number of benzene rings is 1. The summed E-state index contributed by atoms with van der Waals surface area (Å²) >= 11 is 0. The summed E-state index contributed by atoms with van der Waals surface area (Å²) in [4.78, 5) is 36.6. The predicted octanol–water partition coefficient (Wildman–Crippen LogP) is 1.50. The van der Waals surface area contributed by atoms with Gasteiger partial charge in [-0.2, -0.15) is 0 Å². The van der Waals surface area contributed by atoms with E-state index in [1.54, 1.807) is 12.1 Å². The molecule has 3 rings (SSSR count). The van der Waals surface area contributed by atoms with Crippen LogP contribution in [0.4, 0.5) is 5.69 Å². The molecule has 7 heteroatoms. The van der Waals surface area contributed by atoms with Gasteiger partial charge < -0.3 is 10.1 Å². The Morgan fingerprint density at radius 3 is 2.54 bits per heavy atom. The number of anilines is 1. The molecule has 1 aromatic carbocycles. The van der Waals surface area contributed by atoms with Crippen molar-refractivity contribution in [3.8, 4) is 5.75 Å². The number of nitrogens with zero attached hydrogens (tertiary/aromatic N) is 1. The molecule has 1 amide bonds. The molecule has 1 heterocycles. The Labute approximate surface area is 138 Å². The molecule has 2 aromatic rings. The van der Waals surface area contributed by atoms with Crippen molar-refractivity contribution in [2.45, 2.75) is 38.3 Å². The highest BCUT2D eigenvalue weighted by Gasteiger charge is 2.16. The molecule has 24 heavy (non-hydrogen) atoms. The number of ether oxygens (including phenoxy) is 1. The number of carbonyl (C=O) groups excluding carboxylic acids is 1. The molecule has 1 aliphatic rings. The predicted molar refractivity (Wildman–Crippen MR) is 89.3 cm³/mol. The van der Waals surface area contributed by atoms with E-state index in [0.717, 1.165) is 23.2 Å². The minimum atomic E-state index is -0.613. The molecule has 1 aromatic heterocycles. The maximum Gasteiger partial charge on any atom is 0.328 e. The summed E-state index contributed by atoms with van der Waals surface area (Å²) < 4.78 is 7.00. The van der Waals surface area contributed by atoms with E-state index in [1.165, 1.54) is 25.1 Å². The number of H-pyrrole nitrogens is 1.